The molecule has 0 unspecified atom stereocenters. The number of pyridine rings is 1. The highest BCUT2D eigenvalue weighted by molar-refractivity contribution is 5.99. The van der Waals surface area contributed by atoms with E-state index in [0.717, 1.165) is 17.8 Å². The molecule has 23 heavy (non-hydrogen) atoms. The second-order valence-electron chi connectivity index (χ2n) is 5.80. The number of aromatic nitrogens is 3. The predicted octanol–water partition coefficient (Wildman–Crippen LogP) is 1.55. The van der Waals surface area contributed by atoms with E-state index in [2.05, 4.69) is 33.9 Å². The highest BCUT2D eigenvalue weighted by atomic mass is 16.1. The van der Waals surface area contributed by atoms with Gasteiger partial charge >= 0.3 is 0 Å². The molecule has 4 rings (SSSR count). The molecule has 0 spiro atoms. The van der Waals surface area contributed by atoms with E-state index in [1.807, 2.05) is 18.2 Å². The van der Waals surface area contributed by atoms with Gasteiger partial charge in [0.05, 0.1) is 11.3 Å². The van der Waals surface area contributed by atoms with Crippen LogP contribution in [-0.4, -0.2) is 26.5 Å². The smallest absolute Gasteiger partial charge is 0.252 e. The summed E-state index contributed by atoms with van der Waals surface area (Å²) in [7, 11) is 0. The van der Waals surface area contributed by atoms with Crippen LogP contribution in [0.15, 0.2) is 36.4 Å². The molecule has 2 aromatic heterocycles. The molecule has 1 fully saturated rings. The first-order valence-electron chi connectivity index (χ1n) is 7.61. The van der Waals surface area contributed by atoms with Gasteiger partial charge < -0.3 is 11.1 Å². The second-order valence-corrected chi connectivity index (χ2v) is 5.80. The minimum absolute atomic E-state index is 0.341. The lowest BCUT2D eigenvalue weighted by Crippen LogP contribution is -2.15. The molecule has 3 N–H and O–H groups in total. The summed E-state index contributed by atoms with van der Waals surface area (Å²) in [6.45, 7) is 0.887. The highest BCUT2D eigenvalue weighted by Gasteiger charge is 2.20. The Labute approximate surface area is 133 Å². The van der Waals surface area contributed by atoms with Gasteiger partial charge in [0.25, 0.3) is 5.91 Å². The number of nitrogens with two attached hydrogens (primary N) is 1. The third-order valence-electron chi connectivity index (χ3n) is 4.07. The minimum Gasteiger partial charge on any atom is -0.365 e. The molecule has 1 aliphatic carbocycles. The van der Waals surface area contributed by atoms with Crippen LogP contribution in [0.1, 0.15) is 28.8 Å². The fourth-order valence-electron chi connectivity index (χ4n) is 2.61. The number of carbonyl (C=O) groups excluding carboxylic acids is 1. The third-order valence-corrected chi connectivity index (χ3v) is 4.07. The molecule has 0 saturated heterocycles. The predicted molar refractivity (Wildman–Crippen MR) is 85.6 cm³/mol. The molecule has 3 aromatic rings. The van der Waals surface area contributed by atoms with Gasteiger partial charge in [-0.25, -0.2) is 9.50 Å². The van der Waals surface area contributed by atoms with Gasteiger partial charge in [0.2, 0.25) is 6.33 Å². The van der Waals surface area contributed by atoms with Gasteiger partial charge in [0.1, 0.15) is 0 Å². The molecule has 115 valence electrons. The number of amides is 1. The molecule has 1 saturated carbocycles. The van der Waals surface area contributed by atoms with Gasteiger partial charge in [0.15, 0.2) is 5.65 Å². The fourth-order valence-corrected chi connectivity index (χ4v) is 2.61. The van der Waals surface area contributed by atoms with Gasteiger partial charge in [-0.1, -0.05) is 24.3 Å². The highest BCUT2D eigenvalue weighted by Crippen LogP contribution is 2.23. The van der Waals surface area contributed by atoms with Gasteiger partial charge in [0, 0.05) is 18.2 Å². The first-order chi connectivity index (χ1) is 11.2. The van der Waals surface area contributed by atoms with E-state index in [0.29, 0.717) is 17.3 Å². The largest absolute Gasteiger partial charge is 0.365 e. The van der Waals surface area contributed by atoms with Crippen LogP contribution in [0.25, 0.3) is 16.9 Å². The van der Waals surface area contributed by atoms with Gasteiger partial charge in [-0.2, -0.15) is 0 Å². The number of rotatable bonds is 5. The van der Waals surface area contributed by atoms with Crippen molar-refractivity contribution in [3.05, 3.63) is 53.9 Å². The molecule has 6 heteroatoms. The zero-order valence-corrected chi connectivity index (χ0v) is 12.5. The number of nitrogens with one attached hydrogen (secondary N) is 1. The Kier molecular flexibility index (Phi) is 3.31. The topological polar surface area (TPSA) is 85.3 Å². The number of hydrogen-bond acceptors (Lipinski definition) is 4. The summed E-state index contributed by atoms with van der Waals surface area (Å²) >= 11 is 0. The number of nitrogens with zero attached hydrogens (tertiary/aromatic N) is 3. The number of fused-ring (bicyclic) bond motifs is 1. The number of hydrogen-bond donors (Lipinski definition) is 2. The van der Waals surface area contributed by atoms with Crippen LogP contribution in [0.3, 0.4) is 0 Å². The zero-order valence-electron chi connectivity index (χ0n) is 12.5. The van der Waals surface area contributed by atoms with Crippen LogP contribution in [0.2, 0.25) is 0 Å². The summed E-state index contributed by atoms with van der Waals surface area (Å²) in [6, 6.07) is 12.5. The monoisotopic (exact) mass is 306 g/mol. The van der Waals surface area contributed by atoms with Crippen molar-refractivity contribution in [3.8, 4) is 11.3 Å². The van der Waals surface area contributed by atoms with Crippen molar-refractivity contribution in [3.63, 3.8) is 0 Å². The molecule has 1 aromatic carbocycles. The van der Waals surface area contributed by atoms with Crippen LogP contribution in [0.4, 0.5) is 0 Å². The van der Waals surface area contributed by atoms with Crippen molar-refractivity contribution < 1.29 is 4.79 Å². The van der Waals surface area contributed by atoms with E-state index in [-0.39, 0.29) is 0 Å². The van der Waals surface area contributed by atoms with Crippen molar-refractivity contribution in [2.24, 2.45) is 5.73 Å². The molecule has 2 heterocycles. The van der Waals surface area contributed by atoms with E-state index in [1.165, 1.54) is 18.4 Å². The van der Waals surface area contributed by atoms with Crippen LogP contribution >= 0.6 is 0 Å². The minimum atomic E-state index is -0.524. The summed E-state index contributed by atoms with van der Waals surface area (Å²) in [5, 5.41) is 7.58. The molecule has 0 bridgehead atoms. The Bertz CT molecular complexity index is 864. The average molecular weight is 306 g/mol. The number of carbonyl (C=O) groups is 1. The Hall–Kier alpha value is -2.73. The maximum Gasteiger partial charge on any atom is 0.252 e. The maximum atomic E-state index is 11.5. The second kappa shape index (κ2) is 5.48. The molecule has 1 radical (unpaired) electrons. The Morgan fingerprint density at radius 3 is 2.74 bits per heavy atom. The normalized spacial score (nSPS) is 14.3. The van der Waals surface area contributed by atoms with Crippen molar-refractivity contribution in [1.29, 1.82) is 0 Å². The van der Waals surface area contributed by atoms with E-state index in [4.69, 9.17) is 5.73 Å². The van der Waals surface area contributed by atoms with E-state index in [9.17, 15) is 4.79 Å². The van der Waals surface area contributed by atoms with Crippen LogP contribution in [0, 0.1) is 6.33 Å². The van der Waals surface area contributed by atoms with Crippen LogP contribution < -0.4 is 11.1 Å². The van der Waals surface area contributed by atoms with E-state index >= 15 is 0 Å². The van der Waals surface area contributed by atoms with Crippen molar-refractivity contribution in [2.45, 2.75) is 25.4 Å². The molecule has 0 aliphatic heterocycles. The SMILES string of the molecule is NC(=O)c1ccc(-c2ccc(CNC3CC3)cc2)n2n[c]nc12. The Balaban J connectivity index is 1.67. The quantitative estimate of drug-likeness (QED) is 0.749. The fraction of sp³-hybridized carbons (Fsp3) is 0.235. The number of benzene rings is 1. The standard InChI is InChI=1S/C17H16N5O/c18-16(23)14-7-8-15(22-17(14)20-10-21-22)12-3-1-11(2-4-12)9-19-13-5-6-13/h1-4,7-8,13,19H,5-6,9H2,(H2,18,23). The average Bonchev–Trinajstić information content (AvgIpc) is 3.26. The lowest BCUT2D eigenvalue weighted by molar-refractivity contribution is 0.100. The number of primary amides is 1. The first-order valence-corrected chi connectivity index (χ1v) is 7.61. The maximum absolute atomic E-state index is 11.5. The van der Waals surface area contributed by atoms with Crippen LogP contribution in [0.5, 0.6) is 0 Å². The summed E-state index contributed by atoms with van der Waals surface area (Å²) < 4.78 is 1.59. The summed E-state index contributed by atoms with van der Waals surface area (Å²) in [4.78, 5) is 15.5. The molecule has 0 atom stereocenters. The van der Waals surface area contributed by atoms with Crippen LogP contribution in [-0.2, 0) is 6.54 Å². The summed E-state index contributed by atoms with van der Waals surface area (Å²) in [5.41, 5.74) is 9.23. The lowest BCUT2D eigenvalue weighted by atomic mass is 10.1. The molecule has 1 aliphatic rings. The first kappa shape index (κ1) is 13.9. The van der Waals surface area contributed by atoms with Crippen molar-refractivity contribution in [1.82, 2.24) is 19.9 Å². The molecule has 1 amide bonds. The molecular formula is C17H16N5O. The summed E-state index contributed by atoms with van der Waals surface area (Å²) in [5.74, 6) is -0.524. The Morgan fingerprint density at radius 2 is 2.04 bits per heavy atom. The van der Waals surface area contributed by atoms with Crippen molar-refractivity contribution in [2.75, 3.05) is 0 Å². The third kappa shape index (κ3) is 2.68. The summed E-state index contributed by atoms with van der Waals surface area (Å²) in [6.07, 6.45) is 5.11. The van der Waals surface area contributed by atoms with E-state index < -0.39 is 5.91 Å². The molecule has 6 nitrogen and oxygen atoms in total. The van der Waals surface area contributed by atoms with Gasteiger partial charge in [-0.05, 0) is 30.5 Å². The lowest BCUT2D eigenvalue weighted by Gasteiger charge is -2.08. The molecular weight excluding hydrogens is 290 g/mol. The Morgan fingerprint density at radius 1 is 1.26 bits per heavy atom. The van der Waals surface area contributed by atoms with Gasteiger partial charge in [-0.3, -0.25) is 4.79 Å². The van der Waals surface area contributed by atoms with E-state index in [1.54, 1.807) is 10.6 Å². The van der Waals surface area contributed by atoms with Gasteiger partial charge in [-0.15, -0.1) is 5.10 Å². The van der Waals surface area contributed by atoms with Crippen molar-refractivity contribution >= 4 is 11.6 Å². The zero-order chi connectivity index (χ0) is 15.8.